The van der Waals surface area contributed by atoms with Gasteiger partial charge < -0.3 is 10.6 Å². The van der Waals surface area contributed by atoms with E-state index in [1.54, 1.807) is 27.8 Å². The van der Waals surface area contributed by atoms with Gasteiger partial charge in [0.1, 0.15) is 0 Å². The zero-order valence-electron chi connectivity index (χ0n) is 18.3. The SMILES string of the molecule is CN=C(NCCS(=O)(=O)C(C)(C)C)NC1CCN(C(C)c2ccccc2)CC1.I. The number of piperidine rings is 1. The molecule has 1 aromatic carbocycles. The maximum absolute atomic E-state index is 12.2. The van der Waals surface area contributed by atoms with Gasteiger partial charge in [-0.05, 0) is 46.1 Å². The van der Waals surface area contributed by atoms with E-state index in [4.69, 9.17) is 0 Å². The van der Waals surface area contributed by atoms with E-state index in [1.807, 2.05) is 0 Å². The Morgan fingerprint density at radius 3 is 2.31 bits per heavy atom. The van der Waals surface area contributed by atoms with E-state index in [9.17, 15) is 8.42 Å². The van der Waals surface area contributed by atoms with Crippen LogP contribution in [0.2, 0.25) is 0 Å². The van der Waals surface area contributed by atoms with Gasteiger partial charge in [0.25, 0.3) is 0 Å². The van der Waals surface area contributed by atoms with Crippen LogP contribution in [-0.4, -0.2) is 62.5 Å². The molecule has 1 heterocycles. The van der Waals surface area contributed by atoms with Crippen LogP contribution in [0.5, 0.6) is 0 Å². The van der Waals surface area contributed by atoms with Crippen molar-refractivity contribution in [2.45, 2.75) is 57.4 Å². The molecule has 0 aromatic heterocycles. The molecule has 166 valence electrons. The fraction of sp³-hybridized carbons (Fsp3) is 0.667. The first kappa shape index (κ1) is 26.2. The van der Waals surface area contributed by atoms with Crippen LogP contribution in [0.15, 0.2) is 35.3 Å². The number of sulfone groups is 1. The van der Waals surface area contributed by atoms with E-state index in [0.29, 0.717) is 24.6 Å². The van der Waals surface area contributed by atoms with Crippen molar-refractivity contribution in [3.8, 4) is 0 Å². The molecule has 1 fully saturated rings. The van der Waals surface area contributed by atoms with Gasteiger partial charge in [0.2, 0.25) is 0 Å². The zero-order chi connectivity index (χ0) is 20.8. The Kier molecular flexibility index (Phi) is 10.4. The quantitative estimate of drug-likeness (QED) is 0.332. The van der Waals surface area contributed by atoms with Crippen molar-refractivity contribution >= 4 is 39.8 Å². The summed E-state index contributed by atoms with van der Waals surface area (Å²) in [6, 6.07) is 11.4. The highest BCUT2D eigenvalue weighted by molar-refractivity contribution is 14.0. The van der Waals surface area contributed by atoms with Gasteiger partial charge in [-0.3, -0.25) is 9.89 Å². The zero-order valence-corrected chi connectivity index (χ0v) is 21.5. The molecule has 6 nitrogen and oxygen atoms in total. The highest BCUT2D eigenvalue weighted by Gasteiger charge is 2.28. The van der Waals surface area contributed by atoms with Crippen LogP contribution in [-0.2, 0) is 9.84 Å². The molecule has 1 aliphatic rings. The number of nitrogens with one attached hydrogen (secondary N) is 2. The predicted molar refractivity (Wildman–Crippen MR) is 133 cm³/mol. The number of aliphatic imine (C=N–C) groups is 1. The number of rotatable bonds is 6. The van der Waals surface area contributed by atoms with E-state index in [0.717, 1.165) is 25.9 Å². The summed E-state index contributed by atoms with van der Waals surface area (Å²) < 4.78 is 23.7. The summed E-state index contributed by atoms with van der Waals surface area (Å²) in [6.45, 7) is 9.90. The molecule has 29 heavy (non-hydrogen) atoms. The van der Waals surface area contributed by atoms with Gasteiger partial charge >= 0.3 is 0 Å². The monoisotopic (exact) mass is 536 g/mol. The summed E-state index contributed by atoms with van der Waals surface area (Å²) in [4.78, 5) is 6.77. The number of hydrogen-bond donors (Lipinski definition) is 2. The Labute approximate surface area is 193 Å². The lowest BCUT2D eigenvalue weighted by molar-refractivity contribution is 0.158. The van der Waals surface area contributed by atoms with Crippen LogP contribution in [0.3, 0.4) is 0 Å². The van der Waals surface area contributed by atoms with Gasteiger partial charge in [0.15, 0.2) is 15.8 Å². The average Bonchev–Trinajstić information content (AvgIpc) is 2.67. The number of nitrogens with zero attached hydrogens (tertiary/aromatic N) is 2. The van der Waals surface area contributed by atoms with Gasteiger partial charge in [0, 0.05) is 38.8 Å². The molecule has 1 aliphatic heterocycles. The lowest BCUT2D eigenvalue weighted by Crippen LogP contribution is -2.50. The van der Waals surface area contributed by atoms with Crippen molar-refractivity contribution < 1.29 is 8.42 Å². The molecule has 0 bridgehead atoms. The Hall–Kier alpha value is -0.870. The summed E-state index contributed by atoms with van der Waals surface area (Å²) >= 11 is 0. The van der Waals surface area contributed by atoms with Crippen LogP contribution < -0.4 is 10.6 Å². The van der Waals surface area contributed by atoms with Gasteiger partial charge in [-0.15, -0.1) is 24.0 Å². The van der Waals surface area contributed by atoms with Crippen molar-refractivity contribution in [1.29, 1.82) is 0 Å². The van der Waals surface area contributed by atoms with Gasteiger partial charge in [0.05, 0.1) is 10.5 Å². The van der Waals surface area contributed by atoms with Gasteiger partial charge in [-0.1, -0.05) is 30.3 Å². The third-order valence-electron chi connectivity index (χ3n) is 5.52. The minimum atomic E-state index is -3.13. The largest absolute Gasteiger partial charge is 0.355 e. The third-order valence-corrected chi connectivity index (χ3v) is 8.13. The van der Waals surface area contributed by atoms with E-state index in [1.165, 1.54) is 5.56 Å². The van der Waals surface area contributed by atoms with Gasteiger partial charge in [-0.2, -0.15) is 0 Å². The van der Waals surface area contributed by atoms with E-state index >= 15 is 0 Å². The number of halogens is 1. The average molecular weight is 537 g/mol. The predicted octanol–water partition coefficient (Wildman–Crippen LogP) is 3.21. The number of hydrogen-bond acceptors (Lipinski definition) is 4. The Balaban J connectivity index is 0.00000420. The number of guanidine groups is 1. The molecule has 0 amide bonds. The molecular weight excluding hydrogens is 499 g/mol. The number of benzene rings is 1. The fourth-order valence-electron chi connectivity index (χ4n) is 3.37. The molecule has 0 saturated carbocycles. The summed E-state index contributed by atoms with van der Waals surface area (Å²) in [7, 11) is -1.41. The molecular formula is C21H37IN4O2S. The second-order valence-electron chi connectivity index (χ2n) is 8.47. The van der Waals surface area contributed by atoms with Gasteiger partial charge in [-0.25, -0.2) is 8.42 Å². The van der Waals surface area contributed by atoms with Crippen molar-refractivity contribution in [2.24, 2.45) is 4.99 Å². The Morgan fingerprint density at radius 2 is 1.79 bits per heavy atom. The van der Waals surface area contributed by atoms with Crippen molar-refractivity contribution in [2.75, 3.05) is 32.4 Å². The highest BCUT2D eigenvalue weighted by atomic mass is 127. The topological polar surface area (TPSA) is 73.8 Å². The molecule has 0 radical (unpaired) electrons. The minimum absolute atomic E-state index is 0. The summed E-state index contributed by atoms with van der Waals surface area (Å²) in [5, 5.41) is 6.60. The van der Waals surface area contributed by atoms with Crippen LogP contribution >= 0.6 is 24.0 Å². The molecule has 0 spiro atoms. The third kappa shape index (κ3) is 7.71. The molecule has 1 aromatic rings. The van der Waals surface area contributed by atoms with Crippen molar-refractivity contribution in [3.05, 3.63) is 35.9 Å². The van der Waals surface area contributed by atoms with Crippen LogP contribution in [0.25, 0.3) is 0 Å². The summed E-state index contributed by atoms with van der Waals surface area (Å²) in [6.07, 6.45) is 2.08. The molecule has 8 heteroatoms. The molecule has 2 rings (SSSR count). The maximum Gasteiger partial charge on any atom is 0.191 e. The Morgan fingerprint density at radius 1 is 1.21 bits per heavy atom. The lowest BCUT2D eigenvalue weighted by Gasteiger charge is -2.37. The first-order chi connectivity index (χ1) is 13.1. The van der Waals surface area contributed by atoms with E-state index in [-0.39, 0.29) is 29.7 Å². The van der Waals surface area contributed by atoms with E-state index < -0.39 is 14.6 Å². The van der Waals surface area contributed by atoms with Crippen LogP contribution in [0, 0.1) is 0 Å². The van der Waals surface area contributed by atoms with Crippen molar-refractivity contribution in [1.82, 2.24) is 15.5 Å². The molecule has 0 aliphatic carbocycles. The van der Waals surface area contributed by atoms with Crippen molar-refractivity contribution in [3.63, 3.8) is 0 Å². The standard InChI is InChI=1S/C21H36N4O2S.HI/c1-17(18-9-7-6-8-10-18)25-14-11-19(12-15-25)24-20(22-5)23-13-16-28(26,27)21(2,3)4;/h6-10,17,19H,11-16H2,1-5H3,(H2,22,23,24);1H. The number of likely N-dealkylation sites (tertiary alicyclic amines) is 1. The summed E-state index contributed by atoms with van der Waals surface area (Å²) in [5.41, 5.74) is 1.35. The fourth-order valence-corrected chi connectivity index (χ4v) is 4.35. The second kappa shape index (κ2) is 11.5. The van der Waals surface area contributed by atoms with Crippen LogP contribution in [0.1, 0.15) is 52.1 Å². The maximum atomic E-state index is 12.2. The van der Waals surface area contributed by atoms with E-state index in [2.05, 4.69) is 57.8 Å². The molecule has 1 atom stereocenters. The summed E-state index contributed by atoms with van der Waals surface area (Å²) in [5.74, 6) is 0.781. The molecule has 2 N–H and O–H groups in total. The normalized spacial score (nSPS) is 18.0. The van der Waals surface area contributed by atoms with Crippen LogP contribution in [0.4, 0.5) is 0 Å². The molecule has 1 unspecified atom stereocenters. The lowest BCUT2D eigenvalue weighted by atomic mass is 10.0. The first-order valence-corrected chi connectivity index (χ1v) is 11.8. The second-order valence-corrected chi connectivity index (χ2v) is 11.3. The Bertz CT molecular complexity index is 740. The minimum Gasteiger partial charge on any atom is -0.355 e. The molecule has 1 saturated heterocycles. The smallest absolute Gasteiger partial charge is 0.191 e. The first-order valence-electron chi connectivity index (χ1n) is 10.1. The highest BCUT2D eigenvalue weighted by Crippen LogP contribution is 2.24.